The summed E-state index contributed by atoms with van der Waals surface area (Å²) in [7, 11) is 1.53. The molecule has 3 aromatic carbocycles. The van der Waals surface area contributed by atoms with Crippen molar-refractivity contribution in [1.29, 1.82) is 0 Å². The summed E-state index contributed by atoms with van der Waals surface area (Å²) in [5.74, 6) is 0.541. The summed E-state index contributed by atoms with van der Waals surface area (Å²) in [4.78, 5) is 17.4. The highest BCUT2D eigenvalue weighted by Gasteiger charge is 2.18. The van der Waals surface area contributed by atoms with Gasteiger partial charge in [-0.05, 0) is 61.0 Å². The van der Waals surface area contributed by atoms with Gasteiger partial charge in [0.15, 0.2) is 5.58 Å². The van der Waals surface area contributed by atoms with E-state index in [1.807, 2.05) is 13.0 Å². The third kappa shape index (κ3) is 4.03. The molecule has 4 rings (SSSR count). The Morgan fingerprint density at radius 1 is 1.13 bits per heavy atom. The number of halogens is 3. The number of aryl methyl sites for hydroxylation is 1. The Labute approximate surface area is 191 Å². The number of aromatic nitrogens is 1. The van der Waals surface area contributed by atoms with Crippen molar-refractivity contribution in [3.8, 4) is 17.2 Å². The molecule has 0 spiro atoms. The van der Waals surface area contributed by atoms with Crippen molar-refractivity contribution < 1.29 is 13.9 Å². The molecule has 0 unspecified atom stereocenters. The maximum atomic E-state index is 12.9. The molecule has 1 aromatic heterocycles. The number of hydrogen-bond donors (Lipinski definition) is 1. The molecule has 1 N–H and O–H groups in total. The Morgan fingerprint density at radius 3 is 2.70 bits per heavy atom. The molecule has 0 aliphatic rings. The number of methoxy groups -OCH3 is 1. The predicted octanol–water partition coefficient (Wildman–Crippen LogP) is 7.13. The van der Waals surface area contributed by atoms with Crippen molar-refractivity contribution in [2.45, 2.75) is 6.92 Å². The number of nitrogens with zero attached hydrogens (tertiary/aromatic N) is 1. The Kier molecular flexibility index (Phi) is 5.73. The maximum absolute atomic E-state index is 12.9. The molecule has 1 amide bonds. The van der Waals surface area contributed by atoms with Crippen LogP contribution in [-0.2, 0) is 0 Å². The van der Waals surface area contributed by atoms with Crippen LogP contribution in [0.2, 0.25) is 10.0 Å². The van der Waals surface area contributed by atoms with Crippen LogP contribution >= 0.6 is 39.1 Å². The molecular weight excluding hydrogens is 491 g/mol. The summed E-state index contributed by atoms with van der Waals surface area (Å²) in [5, 5.41) is 3.89. The number of fused-ring (bicyclic) bond motifs is 1. The van der Waals surface area contributed by atoms with Gasteiger partial charge in [-0.2, -0.15) is 0 Å². The van der Waals surface area contributed by atoms with Crippen LogP contribution in [0.1, 0.15) is 15.9 Å². The molecule has 0 bridgehead atoms. The van der Waals surface area contributed by atoms with Crippen LogP contribution in [-0.4, -0.2) is 18.0 Å². The maximum Gasteiger partial charge on any atom is 0.259 e. The van der Waals surface area contributed by atoms with E-state index >= 15 is 0 Å². The zero-order valence-corrected chi connectivity index (χ0v) is 19.0. The molecule has 8 heteroatoms. The first-order valence-electron chi connectivity index (χ1n) is 8.87. The Hall–Kier alpha value is -2.54. The second-order valence-electron chi connectivity index (χ2n) is 6.58. The lowest BCUT2D eigenvalue weighted by atomic mass is 10.1. The van der Waals surface area contributed by atoms with Crippen LogP contribution in [0, 0.1) is 6.92 Å². The van der Waals surface area contributed by atoms with Gasteiger partial charge in [-0.3, -0.25) is 4.79 Å². The van der Waals surface area contributed by atoms with Gasteiger partial charge in [0.1, 0.15) is 11.3 Å². The molecule has 0 radical (unpaired) electrons. The third-order valence-corrected chi connectivity index (χ3v) is 5.51. The molecule has 152 valence electrons. The molecule has 0 saturated carbocycles. The summed E-state index contributed by atoms with van der Waals surface area (Å²) < 4.78 is 12.0. The van der Waals surface area contributed by atoms with Crippen molar-refractivity contribution in [3.05, 3.63) is 74.2 Å². The quantitative estimate of drug-likeness (QED) is 0.320. The Morgan fingerprint density at radius 2 is 1.93 bits per heavy atom. The van der Waals surface area contributed by atoms with Crippen LogP contribution in [0.3, 0.4) is 0 Å². The van der Waals surface area contributed by atoms with E-state index in [4.69, 9.17) is 32.4 Å². The minimum atomic E-state index is -0.311. The molecule has 5 nitrogen and oxygen atoms in total. The highest BCUT2D eigenvalue weighted by atomic mass is 79.9. The molecule has 0 saturated heterocycles. The lowest BCUT2D eigenvalue weighted by Gasteiger charge is -2.13. The molecule has 0 atom stereocenters. The number of ether oxygens (including phenoxy) is 1. The topological polar surface area (TPSA) is 64.4 Å². The van der Waals surface area contributed by atoms with E-state index in [9.17, 15) is 4.79 Å². The van der Waals surface area contributed by atoms with Crippen molar-refractivity contribution in [2.24, 2.45) is 0 Å². The van der Waals surface area contributed by atoms with Gasteiger partial charge in [-0.25, -0.2) is 4.98 Å². The van der Waals surface area contributed by atoms with Crippen LogP contribution in [0.25, 0.3) is 22.6 Å². The number of carbonyl (C=O) groups is 1. The predicted molar refractivity (Wildman–Crippen MR) is 123 cm³/mol. The van der Waals surface area contributed by atoms with E-state index in [-0.39, 0.29) is 5.91 Å². The van der Waals surface area contributed by atoms with Gasteiger partial charge >= 0.3 is 0 Å². The molecule has 0 aliphatic carbocycles. The van der Waals surface area contributed by atoms with E-state index in [0.717, 1.165) is 10.0 Å². The van der Waals surface area contributed by atoms with E-state index in [0.29, 0.717) is 49.6 Å². The molecule has 4 aromatic rings. The summed E-state index contributed by atoms with van der Waals surface area (Å²) in [6.45, 7) is 1.88. The summed E-state index contributed by atoms with van der Waals surface area (Å²) in [6, 6.07) is 13.9. The third-order valence-electron chi connectivity index (χ3n) is 4.49. The SMILES string of the molecule is COc1c(C)cc(Br)cc1C(=O)Nc1ccc(Cl)c(-c2nc3cc(Cl)ccc3o2)c1. The standard InChI is InChI=1S/C22H15BrCl2N2O3/c1-11-7-12(23)8-16(20(11)29-2)21(28)26-14-4-5-17(25)15(10-14)22-27-18-9-13(24)3-6-19(18)30-22/h3-10H,1-2H3,(H,26,28). The first-order chi connectivity index (χ1) is 14.4. The first kappa shape index (κ1) is 20.7. The number of carbonyl (C=O) groups excluding carboxylic acids is 1. The van der Waals surface area contributed by atoms with E-state index in [2.05, 4.69) is 26.2 Å². The molecule has 1 heterocycles. The number of hydrogen-bond acceptors (Lipinski definition) is 4. The molecule has 30 heavy (non-hydrogen) atoms. The highest BCUT2D eigenvalue weighted by molar-refractivity contribution is 9.10. The monoisotopic (exact) mass is 504 g/mol. The number of anilines is 1. The molecule has 0 aliphatic heterocycles. The molecule has 0 fully saturated rings. The second-order valence-corrected chi connectivity index (χ2v) is 8.34. The fourth-order valence-corrected chi connectivity index (χ4v) is 4.09. The van der Waals surface area contributed by atoms with Crippen molar-refractivity contribution in [1.82, 2.24) is 4.98 Å². The number of amides is 1. The number of oxazole rings is 1. The number of nitrogens with one attached hydrogen (secondary N) is 1. The first-order valence-corrected chi connectivity index (χ1v) is 10.4. The van der Waals surface area contributed by atoms with E-state index < -0.39 is 0 Å². The van der Waals surface area contributed by atoms with Gasteiger partial charge in [-0.1, -0.05) is 39.1 Å². The lowest BCUT2D eigenvalue weighted by Crippen LogP contribution is -2.14. The summed E-state index contributed by atoms with van der Waals surface area (Å²) in [5.41, 5.74) is 3.57. The minimum Gasteiger partial charge on any atom is -0.496 e. The van der Waals surface area contributed by atoms with Gasteiger partial charge < -0.3 is 14.5 Å². The van der Waals surface area contributed by atoms with Crippen LogP contribution < -0.4 is 10.1 Å². The second kappa shape index (κ2) is 8.30. The zero-order valence-electron chi connectivity index (χ0n) is 15.9. The van der Waals surface area contributed by atoms with Gasteiger partial charge in [-0.15, -0.1) is 0 Å². The Balaban J connectivity index is 1.69. The molecular formula is C22H15BrCl2N2O3. The highest BCUT2D eigenvalue weighted by Crippen LogP contribution is 2.34. The van der Waals surface area contributed by atoms with Crippen molar-refractivity contribution in [2.75, 3.05) is 12.4 Å². The van der Waals surface area contributed by atoms with E-state index in [1.54, 1.807) is 42.5 Å². The van der Waals surface area contributed by atoms with Crippen molar-refractivity contribution in [3.63, 3.8) is 0 Å². The fourth-order valence-electron chi connectivity index (χ4n) is 3.15. The smallest absolute Gasteiger partial charge is 0.259 e. The summed E-state index contributed by atoms with van der Waals surface area (Å²) >= 11 is 15.8. The zero-order chi connectivity index (χ0) is 21.4. The number of benzene rings is 3. The minimum absolute atomic E-state index is 0.311. The van der Waals surface area contributed by atoms with Gasteiger partial charge in [0, 0.05) is 15.2 Å². The van der Waals surface area contributed by atoms with Crippen LogP contribution in [0.4, 0.5) is 5.69 Å². The number of rotatable bonds is 4. The van der Waals surface area contributed by atoms with Crippen LogP contribution in [0.15, 0.2) is 57.4 Å². The Bertz CT molecular complexity index is 1290. The summed E-state index contributed by atoms with van der Waals surface area (Å²) in [6.07, 6.45) is 0. The largest absolute Gasteiger partial charge is 0.496 e. The van der Waals surface area contributed by atoms with Gasteiger partial charge in [0.25, 0.3) is 5.91 Å². The fraction of sp³-hybridized carbons (Fsp3) is 0.0909. The normalized spacial score (nSPS) is 11.0. The lowest BCUT2D eigenvalue weighted by molar-refractivity contribution is 0.102. The van der Waals surface area contributed by atoms with Gasteiger partial charge in [0.2, 0.25) is 5.89 Å². The van der Waals surface area contributed by atoms with E-state index in [1.165, 1.54) is 7.11 Å². The van der Waals surface area contributed by atoms with Crippen LogP contribution in [0.5, 0.6) is 5.75 Å². The average molecular weight is 506 g/mol. The average Bonchev–Trinajstić information content (AvgIpc) is 3.11. The van der Waals surface area contributed by atoms with Gasteiger partial charge in [0.05, 0.1) is 23.3 Å². The van der Waals surface area contributed by atoms with Crippen molar-refractivity contribution >= 4 is 61.8 Å².